The van der Waals surface area contributed by atoms with E-state index in [0.29, 0.717) is 25.8 Å². The lowest BCUT2D eigenvalue weighted by Gasteiger charge is -2.33. The maximum absolute atomic E-state index is 11.9. The van der Waals surface area contributed by atoms with Crippen molar-refractivity contribution in [3.8, 4) is 0 Å². The van der Waals surface area contributed by atoms with E-state index in [1.54, 1.807) is 0 Å². The summed E-state index contributed by atoms with van der Waals surface area (Å²) < 4.78 is 0. The number of carbonyl (C=O) groups excluding carboxylic acids is 2. The Bertz CT molecular complexity index is 418. The van der Waals surface area contributed by atoms with Crippen LogP contribution >= 0.6 is 0 Å². The van der Waals surface area contributed by atoms with E-state index < -0.39 is 23.5 Å². The largest absolute Gasteiger partial charge is 0.481 e. The quantitative estimate of drug-likeness (QED) is 0.609. The van der Waals surface area contributed by atoms with Gasteiger partial charge in [0.25, 0.3) is 0 Å². The number of rotatable bonds is 4. The molecule has 2 rings (SSSR count). The number of carboxylic acid groups (broad SMARTS) is 1. The zero-order chi connectivity index (χ0) is 15.3. The van der Waals surface area contributed by atoms with Gasteiger partial charge < -0.3 is 21.1 Å². The lowest BCUT2D eigenvalue weighted by Crippen LogP contribution is -2.54. The molecular formula is C14H23N3O4. The zero-order valence-electron chi connectivity index (χ0n) is 12.1. The Morgan fingerprint density at radius 1 is 1.24 bits per heavy atom. The summed E-state index contributed by atoms with van der Waals surface area (Å²) >= 11 is 0. The summed E-state index contributed by atoms with van der Waals surface area (Å²) in [5, 5.41) is 17.4. The van der Waals surface area contributed by atoms with Gasteiger partial charge in [0, 0.05) is 13.1 Å². The summed E-state index contributed by atoms with van der Waals surface area (Å²) in [5.74, 6) is -1.03. The number of carbonyl (C=O) groups is 3. The van der Waals surface area contributed by atoms with Gasteiger partial charge in [-0.05, 0) is 25.7 Å². The first-order valence-corrected chi connectivity index (χ1v) is 7.59. The van der Waals surface area contributed by atoms with Gasteiger partial charge in [0.2, 0.25) is 5.91 Å². The van der Waals surface area contributed by atoms with E-state index >= 15 is 0 Å². The van der Waals surface area contributed by atoms with Crippen LogP contribution in [0.25, 0.3) is 0 Å². The molecule has 2 fully saturated rings. The molecule has 0 aromatic carbocycles. The van der Waals surface area contributed by atoms with Crippen LogP contribution in [0.3, 0.4) is 0 Å². The average Bonchev–Trinajstić information content (AvgIpc) is 2.48. The molecule has 7 nitrogen and oxygen atoms in total. The molecule has 0 bridgehead atoms. The van der Waals surface area contributed by atoms with Gasteiger partial charge in [-0.25, -0.2) is 4.79 Å². The molecule has 7 heteroatoms. The van der Waals surface area contributed by atoms with Gasteiger partial charge in [0.1, 0.15) is 6.04 Å². The number of hydrogen-bond donors (Lipinski definition) is 4. The molecule has 0 aromatic rings. The minimum atomic E-state index is -0.857. The Kier molecular flexibility index (Phi) is 5.03. The molecule has 1 unspecified atom stereocenters. The molecule has 1 atom stereocenters. The smallest absolute Gasteiger partial charge is 0.315 e. The zero-order valence-corrected chi connectivity index (χ0v) is 12.1. The van der Waals surface area contributed by atoms with Gasteiger partial charge >= 0.3 is 12.0 Å². The van der Waals surface area contributed by atoms with Crippen LogP contribution in [-0.2, 0) is 9.59 Å². The Morgan fingerprint density at radius 3 is 2.57 bits per heavy atom. The van der Waals surface area contributed by atoms with Crippen molar-refractivity contribution in [2.24, 2.45) is 5.41 Å². The number of piperidine rings is 1. The van der Waals surface area contributed by atoms with E-state index in [-0.39, 0.29) is 12.5 Å². The second-order valence-electron chi connectivity index (χ2n) is 5.96. The molecule has 1 aliphatic carbocycles. The fourth-order valence-electron chi connectivity index (χ4n) is 3.06. The molecular weight excluding hydrogens is 274 g/mol. The second-order valence-corrected chi connectivity index (χ2v) is 5.96. The van der Waals surface area contributed by atoms with Crippen LogP contribution < -0.4 is 16.0 Å². The highest BCUT2D eigenvalue weighted by molar-refractivity contribution is 5.87. The van der Waals surface area contributed by atoms with E-state index in [0.717, 1.165) is 25.7 Å². The number of nitrogens with one attached hydrogen (secondary N) is 3. The van der Waals surface area contributed by atoms with Crippen LogP contribution in [0.2, 0.25) is 0 Å². The Morgan fingerprint density at radius 2 is 1.95 bits per heavy atom. The molecule has 0 aromatic heterocycles. The average molecular weight is 297 g/mol. The molecule has 118 valence electrons. The summed E-state index contributed by atoms with van der Waals surface area (Å²) in [5.41, 5.74) is -0.857. The molecule has 1 aliphatic heterocycles. The second kappa shape index (κ2) is 6.78. The third-order valence-electron chi connectivity index (χ3n) is 4.44. The van der Waals surface area contributed by atoms with Crippen molar-refractivity contribution in [3.63, 3.8) is 0 Å². The Balaban J connectivity index is 1.84. The first-order chi connectivity index (χ1) is 10.0. The number of amides is 3. The normalized spacial score (nSPS) is 24.8. The first kappa shape index (κ1) is 15.6. The van der Waals surface area contributed by atoms with E-state index in [9.17, 15) is 19.5 Å². The predicted molar refractivity (Wildman–Crippen MR) is 75.7 cm³/mol. The predicted octanol–water partition coefficient (Wildman–Crippen LogP) is 0.599. The van der Waals surface area contributed by atoms with Crippen LogP contribution in [0.4, 0.5) is 4.79 Å². The highest BCUT2D eigenvalue weighted by Gasteiger charge is 2.40. The highest BCUT2D eigenvalue weighted by Crippen LogP contribution is 2.35. The van der Waals surface area contributed by atoms with Crippen LogP contribution in [-0.4, -0.2) is 42.1 Å². The van der Waals surface area contributed by atoms with Crippen molar-refractivity contribution in [1.29, 1.82) is 0 Å². The van der Waals surface area contributed by atoms with Crippen LogP contribution in [0.15, 0.2) is 0 Å². The fraction of sp³-hybridized carbons (Fsp3) is 0.786. The van der Waals surface area contributed by atoms with Crippen molar-refractivity contribution < 1.29 is 19.5 Å². The maximum atomic E-state index is 11.9. The van der Waals surface area contributed by atoms with Crippen molar-refractivity contribution in [3.05, 3.63) is 0 Å². The van der Waals surface area contributed by atoms with Crippen LogP contribution in [0.1, 0.15) is 44.9 Å². The standard InChI is InChI=1S/C14H23N3O4/c18-11-10(5-4-8-15-11)17-13(21)16-9-14(12(19)20)6-2-1-3-7-14/h10H,1-9H2,(H,15,18)(H,19,20)(H2,16,17,21). The minimum Gasteiger partial charge on any atom is -0.481 e. The number of carboxylic acids is 1. The summed E-state index contributed by atoms with van der Waals surface area (Å²) in [6.45, 7) is 0.753. The summed E-state index contributed by atoms with van der Waals surface area (Å²) in [4.78, 5) is 34.9. The van der Waals surface area contributed by atoms with Crippen molar-refractivity contribution >= 4 is 17.9 Å². The molecule has 1 saturated carbocycles. The number of aliphatic carboxylic acids is 1. The first-order valence-electron chi connectivity index (χ1n) is 7.59. The van der Waals surface area contributed by atoms with Gasteiger partial charge in [0.05, 0.1) is 5.41 Å². The molecule has 21 heavy (non-hydrogen) atoms. The van der Waals surface area contributed by atoms with E-state index in [2.05, 4.69) is 16.0 Å². The Hall–Kier alpha value is -1.79. The van der Waals surface area contributed by atoms with Crippen molar-refractivity contribution in [2.45, 2.75) is 51.0 Å². The van der Waals surface area contributed by atoms with Gasteiger partial charge in [-0.3, -0.25) is 9.59 Å². The molecule has 3 amide bonds. The van der Waals surface area contributed by atoms with Crippen molar-refractivity contribution in [1.82, 2.24) is 16.0 Å². The molecule has 2 aliphatic rings. The lowest BCUT2D eigenvalue weighted by atomic mass is 9.74. The monoisotopic (exact) mass is 297 g/mol. The van der Waals surface area contributed by atoms with E-state index in [1.807, 2.05) is 0 Å². The third-order valence-corrected chi connectivity index (χ3v) is 4.44. The molecule has 0 radical (unpaired) electrons. The summed E-state index contributed by atoms with van der Waals surface area (Å²) in [6.07, 6.45) is 5.42. The van der Waals surface area contributed by atoms with E-state index in [1.165, 1.54) is 0 Å². The van der Waals surface area contributed by atoms with Crippen LogP contribution in [0, 0.1) is 5.41 Å². The molecule has 1 heterocycles. The number of hydrogen-bond acceptors (Lipinski definition) is 3. The summed E-state index contributed by atoms with van der Waals surface area (Å²) in [6, 6.07) is -0.992. The van der Waals surface area contributed by atoms with Crippen molar-refractivity contribution in [2.75, 3.05) is 13.1 Å². The minimum absolute atomic E-state index is 0.114. The molecule has 4 N–H and O–H groups in total. The van der Waals surface area contributed by atoms with Gasteiger partial charge in [-0.1, -0.05) is 19.3 Å². The topological polar surface area (TPSA) is 108 Å². The number of urea groups is 1. The molecule has 0 spiro atoms. The SMILES string of the molecule is O=C(NCC1(C(=O)O)CCCCC1)NC1CCCNC1=O. The molecule has 1 saturated heterocycles. The third kappa shape index (κ3) is 3.86. The fourth-order valence-corrected chi connectivity index (χ4v) is 3.06. The van der Waals surface area contributed by atoms with E-state index in [4.69, 9.17) is 0 Å². The van der Waals surface area contributed by atoms with Gasteiger partial charge in [0.15, 0.2) is 0 Å². The lowest BCUT2D eigenvalue weighted by molar-refractivity contribution is -0.150. The van der Waals surface area contributed by atoms with Gasteiger partial charge in [-0.15, -0.1) is 0 Å². The maximum Gasteiger partial charge on any atom is 0.315 e. The summed E-state index contributed by atoms with van der Waals surface area (Å²) in [7, 11) is 0. The van der Waals surface area contributed by atoms with Crippen LogP contribution in [0.5, 0.6) is 0 Å². The highest BCUT2D eigenvalue weighted by atomic mass is 16.4. The Labute approximate surface area is 123 Å². The van der Waals surface area contributed by atoms with Gasteiger partial charge in [-0.2, -0.15) is 0 Å².